The molecule has 3 N–H and O–H groups in total. The van der Waals surface area contributed by atoms with Crippen molar-refractivity contribution in [1.29, 1.82) is 0 Å². The van der Waals surface area contributed by atoms with Crippen LogP contribution in [0.4, 0.5) is 0 Å². The zero-order chi connectivity index (χ0) is 12.3. The fourth-order valence-electron chi connectivity index (χ4n) is 0.779. The lowest BCUT2D eigenvalue weighted by Crippen LogP contribution is -2.32. The Morgan fingerprint density at radius 2 is 2.25 bits per heavy atom. The molecular weight excluding hydrogens is 230 g/mol. The lowest BCUT2D eigenvalue weighted by molar-refractivity contribution is -0.137. The first kappa shape index (κ1) is 12.9. The SMILES string of the molecule is CC(C)(C)n1nnc(SC[C@H](N)C(=O)O)n1. The Labute approximate surface area is 97.4 Å². The number of aliphatic carboxylic acids is 1. The summed E-state index contributed by atoms with van der Waals surface area (Å²) in [5, 5.41) is 20.8. The van der Waals surface area contributed by atoms with E-state index in [1.54, 1.807) is 0 Å². The van der Waals surface area contributed by atoms with E-state index in [0.29, 0.717) is 5.16 Å². The first-order valence-electron chi connectivity index (χ1n) is 4.72. The molecule has 0 amide bonds. The highest BCUT2D eigenvalue weighted by atomic mass is 32.2. The Hall–Kier alpha value is -1.15. The van der Waals surface area contributed by atoms with Crippen LogP contribution in [0.1, 0.15) is 20.8 Å². The average Bonchev–Trinajstić information content (AvgIpc) is 2.61. The molecule has 0 bridgehead atoms. The van der Waals surface area contributed by atoms with Crippen molar-refractivity contribution in [2.24, 2.45) is 5.73 Å². The van der Waals surface area contributed by atoms with E-state index >= 15 is 0 Å². The summed E-state index contributed by atoms with van der Waals surface area (Å²) in [6.07, 6.45) is 0. The summed E-state index contributed by atoms with van der Waals surface area (Å²) < 4.78 is 0. The first-order valence-corrected chi connectivity index (χ1v) is 5.71. The van der Waals surface area contributed by atoms with Gasteiger partial charge < -0.3 is 10.8 Å². The maximum atomic E-state index is 10.5. The zero-order valence-electron chi connectivity index (χ0n) is 9.41. The van der Waals surface area contributed by atoms with E-state index in [2.05, 4.69) is 15.4 Å². The molecule has 0 spiro atoms. The van der Waals surface area contributed by atoms with Gasteiger partial charge in [0, 0.05) is 5.75 Å². The molecule has 0 aliphatic rings. The van der Waals surface area contributed by atoms with Crippen molar-refractivity contribution in [2.75, 3.05) is 5.75 Å². The summed E-state index contributed by atoms with van der Waals surface area (Å²) in [6, 6.07) is -0.911. The predicted molar refractivity (Wildman–Crippen MR) is 59.1 cm³/mol. The molecule has 1 atom stereocenters. The summed E-state index contributed by atoms with van der Waals surface area (Å²) in [5.41, 5.74) is 5.12. The van der Waals surface area contributed by atoms with Crippen LogP contribution in [0, 0.1) is 0 Å². The molecular formula is C8H15N5O2S. The van der Waals surface area contributed by atoms with Crippen molar-refractivity contribution < 1.29 is 9.90 Å². The van der Waals surface area contributed by atoms with Crippen LogP contribution in [0.5, 0.6) is 0 Å². The van der Waals surface area contributed by atoms with Crippen LogP contribution < -0.4 is 5.73 Å². The minimum Gasteiger partial charge on any atom is -0.480 e. The van der Waals surface area contributed by atoms with Gasteiger partial charge in [0.2, 0.25) is 5.16 Å². The summed E-state index contributed by atoms with van der Waals surface area (Å²) in [7, 11) is 0. The molecule has 90 valence electrons. The molecule has 7 nitrogen and oxygen atoms in total. The molecule has 0 unspecified atom stereocenters. The van der Waals surface area contributed by atoms with E-state index in [1.807, 2.05) is 20.8 Å². The van der Waals surface area contributed by atoms with Gasteiger partial charge in [-0.2, -0.15) is 4.80 Å². The number of thioether (sulfide) groups is 1. The van der Waals surface area contributed by atoms with Gasteiger partial charge in [0.25, 0.3) is 0 Å². The Kier molecular flexibility index (Phi) is 3.87. The van der Waals surface area contributed by atoms with Gasteiger partial charge >= 0.3 is 5.97 Å². The molecule has 0 aliphatic carbocycles. The Morgan fingerprint density at radius 1 is 1.62 bits per heavy atom. The van der Waals surface area contributed by atoms with Crippen LogP contribution in [0.3, 0.4) is 0 Å². The Balaban J connectivity index is 2.57. The van der Waals surface area contributed by atoms with Crippen molar-refractivity contribution in [3.05, 3.63) is 0 Å². The number of nitrogens with zero attached hydrogens (tertiary/aromatic N) is 4. The van der Waals surface area contributed by atoms with Crippen molar-refractivity contribution >= 4 is 17.7 Å². The van der Waals surface area contributed by atoms with Gasteiger partial charge in [-0.1, -0.05) is 11.8 Å². The number of aromatic nitrogens is 4. The summed E-state index contributed by atoms with van der Waals surface area (Å²) in [4.78, 5) is 12.0. The molecule has 16 heavy (non-hydrogen) atoms. The minimum absolute atomic E-state index is 0.227. The monoisotopic (exact) mass is 245 g/mol. The summed E-state index contributed by atoms with van der Waals surface area (Å²) in [5.74, 6) is -0.804. The van der Waals surface area contributed by atoms with E-state index in [9.17, 15) is 4.79 Å². The van der Waals surface area contributed by atoms with Crippen LogP contribution in [-0.4, -0.2) is 43.1 Å². The standard InChI is InChI=1S/C8H15N5O2S/c1-8(2,3)13-11-7(10-12-13)16-4-5(9)6(14)15/h5H,4,9H2,1-3H3,(H,14,15)/t5-/m0/s1. The van der Waals surface area contributed by atoms with Crippen molar-refractivity contribution in [1.82, 2.24) is 20.2 Å². The lowest BCUT2D eigenvalue weighted by atomic mass is 10.1. The second-order valence-corrected chi connectivity index (χ2v) is 5.28. The normalized spacial score (nSPS) is 13.8. The molecule has 1 aromatic heterocycles. The third kappa shape index (κ3) is 3.46. The first-order chi connectivity index (χ1) is 7.30. The molecule has 0 saturated carbocycles. The lowest BCUT2D eigenvalue weighted by Gasteiger charge is -2.15. The molecule has 0 aliphatic heterocycles. The van der Waals surface area contributed by atoms with E-state index < -0.39 is 12.0 Å². The molecule has 0 fully saturated rings. The zero-order valence-corrected chi connectivity index (χ0v) is 10.2. The fraction of sp³-hybridized carbons (Fsp3) is 0.750. The van der Waals surface area contributed by atoms with Crippen LogP contribution in [-0.2, 0) is 10.3 Å². The molecule has 0 radical (unpaired) electrons. The number of carboxylic acid groups (broad SMARTS) is 1. The van der Waals surface area contributed by atoms with Crippen molar-refractivity contribution in [2.45, 2.75) is 37.5 Å². The molecule has 0 saturated heterocycles. The highest BCUT2D eigenvalue weighted by Crippen LogP contribution is 2.15. The second kappa shape index (κ2) is 4.79. The number of rotatable bonds is 4. The quantitative estimate of drug-likeness (QED) is 0.715. The molecule has 8 heteroatoms. The molecule has 1 rings (SSSR count). The minimum atomic E-state index is -1.03. The maximum Gasteiger partial charge on any atom is 0.321 e. The second-order valence-electron chi connectivity index (χ2n) is 4.29. The number of carbonyl (C=O) groups is 1. The van der Waals surface area contributed by atoms with Gasteiger partial charge in [-0.3, -0.25) is 4.79 Å². The van der Waals surface area contributed by atoms with Gasteiger partial charge in [-0.15, -0.1) is 10.2 Å². The Morgan fingerprint density at radius 3 is 2.69 bits per heavy atom. The number of tetrazole rings is 1. The smallest absolute Gasteiger partial charge is 0.321 e. The van der Waals surface area contributed by atoms with Crippen LogP contribution in [0.15, 0.2) is 5.16 Å². The van der Waals surface area contributed by atoms with Crippen LogP contribution in [0.2, 0.25) is 0 Å². The Bertz CT molecular complexity index is 373. The maximum absolute atomic E-state index is 10.5. The number of nitrogens with two attached hydrogens (primary N) is 1. The third-order valence-corrected chi connectivity index (χ3v) is 2.65. The third-order valence-electron chi connectivity index (χ3n) is 1.70. The van der Waals surface area contributed by atoms with E-state index in [-0.39, 0.29) is 11.3 Å². The van der Waals surface area contributed by atoms with Crippen molar-refractivity contribution in [3.8, 4) is 0 Å². The van der Waals surface area contributed by atoms with E-state index in [1.165, 1.54) is 16.6 Å². The highest BCUT2D eigenvalue weighted by Gasteiger charge is 2.18. The van der Waals surface area contributed by atoms with Crippen LogP contribution >= 0.6 is 11.8 Å². The number of hydrogen-bond acceptors (Lipinski definition) is 6. The number of hydrogen-bond donors (Lipinski definition) is 2. The summed E-state index contributed by atoms with van der Waals surface area (Å²) >= 11 is 1.18. The van der Waals surface area contributed by atoms with E-state index in [0.717, 1.165) is 0 Å². The van der Waals surface area contributed by atoms with Crippen molar-refractivity contribution in [3.63, 3.8) is 0 Å². The average molecular weight is 245 g/mol. The van der Waals surface area contributed by atoms with Gasteiger partial charge in [-0.25, -0.2) is 0 Å². The van der Waals surface area contributed by atoms with Crippen LogP contribution in [0.25, 0.3) is 0 Å². The number of carboxylic acids is 1. The molecule has 1 aromatic rings. The summed E-state index contributed by atoms with van der Waals surface area (Å²) in [6.45, 7) is 5.85. The van der Waals surface area contributed by atoms with E-state index in [4.69, 9.17) is 10.8 Å². The predicted octanol–water partition coefficient (Wildman–Crippen LogP) is -0.0679. The molecule has 1 heterocycles. The van der Waals surface area contributed by atoms with Gasteiger partial charge in [0.05, 0.1) is 5.54 Å². The largest absolute Gasteiger partial charge is 0.480 e. The van der Waals surface area contributed by atoms with Gasteiger partial charge in [0.15, 0.2) is 0 Å². The topological polar surface area (TPSA) is 107 Å². The van der Waals surface area contributed by atoms with Gasteiger partial charge in [-0.05, 0) is 26.0 Å². The highest BCUT2D eigenvalue weighted by molar-refractivity contribution is 7.99. The fourth-order valence-corrected chi connectivity index (χ4v) is 1.48. The van der Waals surface area contributed by atoms with Gasteiger partial charge in [0.1, 0.15) is 6.04 Å². The molecule has 0 aromatic carbocycles.